The van der Waals surface area contributed by atoms with Crippen molar-refractivity contribution < 1.29 is 4.42 Å². The molecule has 57 heavy (non-hydrogen) atoms. The molecule has 0 aliphatic heterocycles. The molecule has 0 spiro atoms. The van der Waals surface area contributed by atoms with Gasteiger partial charge < -0.3 is 4.42 Å². The van der Waals surface area contributed by atoms with Crippen LogP contribution in [0.3, 0.4) is 0 Å². The van der Waals surface area contributed by atoms with Crippen LogP contribution in [0.5, 0.6) is 0 Å². The summed E-state index contributed by atoms with van der Waals surface area (Å²) in [6, 6.07) is 70.0. The van der Waals surface area contributed by atoms with E-state index >= 15 is 0 Å². The van der Waals surface area contributed by atoms with Gasteiger partial charge in [-0.1, -0.05) is 170 Å². The Morgan fingerprint density at radius 2 is 0.789 bits per heavy atom. The normalized spacial score (nSPS) is 11.5. The van der Waals surface area contributed by atoms with Gasteiger partial charge in [0.1, 0.15) is 11.2 Å². The molecule has 0 bridgehead atoms. The number of rotatable bonds is 6. The van der Waals surface area contributed by atoms with Crippen LogP contribution >= 0.6 is 0 Å². The van der Waals surface area contributed by atoms with Crippen molar-refractivity contribution in [2.45, 2.75) is 0 Å². The molecule has 0 N–H and O–H groups in total. The fourth-order valence-electron chi connectivity index (χ4n) is 8.04. The molecule has 0 radical (unpaired) electrons. The van der Waals surface area contributed by atoms with E-state index in [2.05, 4.69) is 152 Å². The number of nitrogens with zero attached hydrogens (tertiary/aromatic N) is 3. The minimum atomic E-state index is 0.593. The van der Waals surface area contributed by atoms with E-state index in [0.29, 0.717) is 17.5 Å². The van der Waals surface area contributed by atoms with E-state index in [4.69, 9.17) is 19.4 Å². The lowest BCUT2D eigenvalue weighted by atomic mass is 9.95. The maximum Gasteiger partial charge on any atom is 0.164 e. The van der Waals surface area contributed by atoms with Gasteiger partial charge in [0.05, 0.1) is 0 Å². The number of fused-ring (bicyclic) bond motifs is 6. The highest BCUT2D eigenvalue weighted by molar-refractivity contribution is 6.13. The molecular formula is C53H33N3O. The van der Waals surface area contributed by atoms with Crippen LogP contribution in [0.2, 0.25) is 0 Å². The summed E-state index contributed by atoms with van der Waals surface area (Å²) in [6.45, 7) is 0. The zero-order chi connectivity index (χ0) is 37.7. The lowest BCUT2D eigenvalue weighted by molar-refractivity contribution is 0.669. The Morgan fingerprint density at radius 3 is 1.56 bits per heavy atom. The molecule has 11 aromatic rings. The van der Waals surface area contributed by atoms with Gasteiger partial charge in [-0.15, -0.1) is 0 Å². The van der Waals surface area contributed by atoms with Crippen LogP contribution in [0.25, 0.3) is 111 Å². The molecule has 4 nitrogen and oxygen atoms in total. The highest BCUT2D eigenvalue weighted by Gasteiger charge is 2.19. The van der Waals surface area contributed by atoms with E-state index in [1.165, 1.54) is 32.7 Å². The van der Waals surface area contributed by atoms with E-state index in [0.717, 1.165) is 60.9 Å². The highest BCUT2D eigenvalue weighted by atomic mass is 16.3. The first-order valence-electron chi connectivity index (χ1n) is 19.2. The molecule has 4 heteroatoms. The Labute approximate surface area is 329 Å². The number of hydrogen-bond acceptors (Lipinski definition) is 4. The maximum atomic E-state index is 6.47. The topological polar surface area (TPSA) is 51.8 Å². The third-order valence-corrected chi connectivity index (χ3v) is 10.9. The molecule has 2 aromatic heterocycles. The van der Waals surface area contributed by atoms with Gasteiger partial charge >= 0.3 is 0 Å². The monoisotopic (exact) mass is 727 g/mol. The smallest absolute Gasteiger partial charge is 0.164 e. The molecule has 0 saturated heterocycles. The molecule has 0 atom stereocenters. The van der Waals surface area contributed by atoms with Gasteiger partial charge in [-0.05, 0) is 85.3 Å². The minimum Gasteiger partial charge on any atom is -0.456 e. The van der Waals surface area contributed by atoms with Crippen LogP contribution in [-0.4, -0.2) is 15.0 Å². The van der Waals surface area contributed by atoms with Gasteiger partial charge in [-0.25, -0.2) is 15.0 Å². The van der Waals surface area contributed by atoms with Crippen LogP contribution < -0.4 is 0 Å². The first kappa shape index (κ1) is 32.7. The quantitative estimate of drug-likeness (QED) is 0.160. The van der Waals surface area contributed by atoms with Crippen molar-refractivity contribution in [2.24, 2.45) is 0 Å². The second-order valence-electron chi connectivity index (χ2n) is 14.4. The summed E-state index contributed by atoms with van der Waals surface area (Å²) >= 11 is 0. The van der Waals surface area contributed by atoms with Gasteiger partial charge in [0.25, 0.3) is 0 Å². The second kappa shape index (κ2) is 13.6. The van der Waals surface area contributed by atoms with E-state index in [1.807, 2.05) is 48.5 Å². The average molecular weight is 728 g/mol. The highest BCUT2D eigenvalue weighted by Crippen LogP contribution is 2.39. The third kappa shape index (κ3) is 5.92. The molecule has 0 amide bonds. The summed E-state index contributed by atoms with van der Waals surface area (Å²) in [7, 11) is 0. The molecule has 0 unspecified atom stereocenters. The molecule has 0 fully saturated rings. The van der Waals surface area contributed by atoms with Crippen LogP contribution in [-0.2, 0) is 0 Å². The Kier molecular flexibility index (Phi) is 7.78. The Hall–Kier alpha value is -7.69. The zero-order valence-electron chi connectivity index (χ0n) is 30.8. The largest absolute Gasteiger partial charge is 0.456 e. The van der Waals surface area contributed by atoms with Gasteiger partial charge in [0, 0.05) is 27.5 Å². The summed E-state index contributed by atoms with van der Waals surface area (Å²) in [5.74, 6) is 1.82. The van der Waals surface area contributed by atoms with Crippen LogP contribution in [0.1, 0.15) is 0 Å². The average Bonchev–Trinajstić information content (AvgIpc) is 3.68. The molecule has 0 aliphatic carbocycles. The lowest BCUT2D eigenvalue weighted by Gasteiger charge is -2.10. The Morgan fingerprint density at radius 1 is 0.281 bits per heavy atom. The minimum absolute atomic E-state index is 0.593. The van der Waals surface area contributed by atoms with Crippen molar-refractivity contribution in [1.82, 2.24) is 15.0 Å². The van der Waals surface area contributed by atoms with Crippen molar-refractivity contribution in [2.75, 3.05) is 0 Å². The molecule has 0 aliphatic rings. The van der Waals surface area contributed by atoms with Gasteiger partial charge in [0.2, 0.25) is 0 Å². The van der Waals surface area contributed by atoms with Gasteiger partial charge in [0.15, 0.2) is 17.5 Å². The van der Waals surface area contributed by atoms with E-state index in [1.54, 1.807) is 0 Å². The summed E-state index contributed by atoms with van der Waals surface area (Å²) in [5, 5.41) is 7.03. The first-order chi connectivity index (χ1) is 28.2. The SMILES string of the molecule is c1ccc(-c2cccc(-c3nc(-c4ccccc4)nc(-c4cccc5oc6ccc(-c7ccc(-c8ccc9ccc%10ccccc%10c9c8)cc7)cc6c45)n3)c2)cc1. The van der Waals surface area contributed by atoms with E-state index in [-0.39, 0.29) is 0 Å². The van der Waals surface area contributed by atoms with Crippen molar-refractivity contribution in [3.8, 4) is 67.5 Å². The second-order valence-corrected chi connectivity index (χ2v) is 14.4. The Balaban J connectivity index is 1.01. The molecule has 266 valence electrons. The van der Waals surface area contributed by atoms with Crippen molar-refractivity contribution in [3.05, 3.63) is 200 Å². The summed E-state index contributed by atoms with van der Waals surface area (Å²) in [4.78, 5) is 15.3. The summed E-state index contributed by atoms with van der Waals surface area (Å²) in [5.41, 5.74) is 11.2. The number of furan rings is 1. The van der Waals surface area contributed by atoms with Gasteiger partial charge in [-0.3, -0.25) is 0 Å². The zero-order valence-corrected chi connectivity index (χ0v) is 30.8. The van der Waals surface area contributed by atoms with Crippen molar-refractivity contribution in [3.63, 3.8) is 0 Å². The predicted molar refractivity (Wildman–Crippen MR) is 235 cm³/mol. The maximum absolute atomic E-state index is 6.47. The molecular weight excluding hydrogens is 695 g/mol. The summed E-state index contributed by atoms with van der Waals surface area (Å²) < 4.78 is 6.47. The van der Waals surface area contributed by atoms with E-state index < -0.39 is 0 Å². The number of hydrogen-bond donors (Lipinski definition) is 0. The third-order valence-electron chi connectivity index (χ3n) is 10.9. The predicted octanol–water partition coefficient (Wildman–Crippen LogP) is 14.1. The molecule has 0 saturated carbocycles. The molecule has 2 heterocycles. The Bertz CT molecular complexity index is 3280. The first-order valence-corrected chi connectivity index (χ1v) is 19.2. The van der Waals surface area contributed by atoms with Crippen molar-refractivity contribution >= 4 is 43.5 Å². The molecule has 9 aromatic carbocycles. The standard InChI is InChI=1S/C53H33N3O/c1-3-11-34(12-4-1)40-16-9-17-43(31-40)52-54-51(39-14-5-2-6-15-39)55-53(56-52)45-19-10-20-49-50(45)47-33-42(29-30-48(47)57-49)36-23-21-35(22-24-36)41-28-27-38-26-25-37-13-7-8-18-44(37)46(38)32-41/h1-33H. The van der Waals surface area contributed by atoms with Crippen LogP contribution in [0, 0.1) is 0 Å². The van der Waals surface area contributed by atoms with E-state index in [9.17, 15) is 0 Å². The van der Waals surface area contributed by atoms with Gasteiger partial charge in [-0.2, -0.15) is 0 Å². The fourth-order valence-corrected chi connectivity index (χ4v) is 8.04. The van der Waals surface area contributed by atoms with Crippen LogP contribution in [0.4, 0.5) is 0 Å². The summed E-state index contributed by atoms with van der Waals surface area (Å²) in [6.07, 6.45) is 0. The van der Waals surface area contributed by atoms with Crippen LogP contribution in [0.15, 0.2) is 205 Å². The number of benzene rings is 9. The fraction of sp³-hybridized carbons (Fsp3) is 0. The van der Waals surface area contributed by atoms with Crippen molar-refractivity contribution in [1.29, 1.82) is 0 Å². The number of aromatic nitrogens is 3. The molecule has 11 rings (SSSR count). The lowest BCUT2D eigenvalue weighted by Crippen LogP contribution is -2.00.